The van der Waals surface area contributed by atoms with Gasteiger partial charge < -0.3 is 19.3 Å². The molecule has 0 spiro atoms. The zero-order valence-electron chi connectivity index (χ0n) is 14.6. The number of para-hydroxylation sites is 1. The molecule has 2 rings (SSSR count). The third-order valence-corrected chi connectivity index (χ3v) is 3.61. The number of methoxy groups -OCH3 is 2. The molecule has 0 bridgehead atoms. The lowest BCUT2D eigenvalue weighted by molar-refractivity contribution is -0.130. The standard InChI is InChI=1S/C20H22O5/c1-4-11-25-18-8-6-5-7-14(18)12-17(20(21)22)16-10-9-15(23-2)13-19(16)24-3/h5-10,12-13H,4,11H2,1-3H3,(H,21,22)/b17-12-. The van der Waals surface area contributed by atoms with Gasteiger partial charge in [0, 0.05) is 17.2 Å². The van der Waals surface area contributed by atoms with Crippen LogP contribution in [0.25, 0.3) is 11.6 Å². The van der Waals surface area contributed by atoms with E-state index in [-0.39, 0.29) is 5.57 Å². The number of hydrogen-bond donors (Lipinski definition) is 1. The van der Waals surface area contributed by atoms with Gasteiger partial charge in [-0.3, -0.25) is 0 Å². The molecule has 0 aliphatic heterocycles. The SMILES string of the molecule is CCCOc1ccccc1/C=C(\C(=O)O)c1ccc(OC)cc1OC. The van der Waals surface area contributed by atoms with Crippen LogP contribution in [-0.2, 0) is 4.79 Å². The van der Waals surface area contributed by atoms with Crippen molar-refractivity contribution in [2.75, 3.05) is 20.8 Å². The largest absolute Gasteiger partial charge is 0.497 e. The first-order chi connectivity index (χ1) is 12.1. The third-order valence-electron chi connectivity index (χ3n) is 3.61. The van der Waals surface area contributed by atoms with Gasteiger partial charge in [0.1, 0.15) is 17.2 Å². The molecule has 0 heterocycles. The van der Waals surface area contributed by atoms with Gasteiger partial charge >= 0.3 is 5.97 Å². The molecule has 0 atom stereocenters. The van der Waals surface area contributed by atoms with Crippen molar-refractivity contribution in [1.29, 1.82) is 0 Å². The molecule has 0 saturated carbocycles. The molecule has 0 radical (unpaired) electrons. The summed E-state index contributed by atoms with van der Waals surface area (Å²) >= 11 is 0. The van der Waals surface area contributed by atoms with Crippen LogP contribution in [0.1, 0.15) is 24.5 Å². The summed E-state index contributed by atoms with van der Waals surface area (Å²) in [5.41, 5.74) is 1.29. The van der Waals surface area contributed by atoms with Crippen molar-refractivity contribution >= 4 is 17.6 Å². The maximum atomic E-state index is 11.9. The Morgan fingerprint density at radius 1 is 1.08 bits per heavy atom. The Balaban J connectivity index is 2.53. The normalized spacial score (nSPS) is 11.1. The zero-order chi connectivity index (χ0) is 18.2. The van der Waals surface area contributed by atoms with Gasteiger partial charge in [0.05, 0.1) is 26.4 Å². The molecular formula is C20H22O5. The molecule has 0 unspecified atom stereocenters. The second-order valence-electron chi connectivity index (χ2n) is 5.32. The first kappa shape index (κ1) is 18.4. The molecule has 0 aliphatic rings. The quantitative estimate of drug-likeness (QED) is 0.577. The van der Waals surface area contributed by atoms with E-state index < -0.39 is 5.97 Å². The maximum Gasteiger partial charge on any atom is 0.336 e. The molecule has 2 aromatic rings. The van der Waals surface area contributed by atoms with Gasteiger partial charge in [-0.25, -0.2) is 4.79 Å². The molecule has 0 amide bonds. The van der Waals surface area contributed by atoms with Crippen molar-refractivity contribution in [3.05, 3.63) is 53.6 Å². The molecule has 5 heteroatoms. The second-order valence-corrected chi connectivity index (χ2v) is 5.32. The Labute approximate surface area is 147 Å². The molecule has 1 N–H and O–H groups in total. The van der Waals surface area contributed by atoms with E-state index in [0.717, 1.165) is 6.42 Å². The summed E-state index contributed by atoms with van der Waals surface area (Å²) in [6.45, 7) is 2.59. The van der Waals surface area contributed by atoms with E-state index in [2.05, 4.69) is 0 Å². The van der Waals surface area contributed by atoms with Crippen LogP contribution in [0.3, 0.4) is 0 Å². The number of hydrogen-bond acceptors (Lipinski definition) is 4. The first-order valence-corrected chi connectivity index (χ1v) is 8.00. The monoisotopic (exact) mass is 342 g/mol. The lowest BCUT2D eigenvalue weighted by atomic mass is 10.0. The van der Waals surface area contributed by atoms with Crippen LogP contribution < -0.4 is 14.2 Å². The van der Waals surface area contributed by atoms with Crippen LogP contribution in [0.5, 0.6) is 17.2 Å². The summed E-state index contributed by atoms with van der Waals surface area (Å²) in [7, 11) is 3.04. The predicted molar refractivity (Wildman–Crippen MR) is 97.3 cm³/mol. The summed E-state index contributed by atoms with van der Waals surface area (Å²) in [4.78, 5) is 11.9. The van der Waals surface area contributed by atoms with Gasteiger partial charge in [-0.1, -0.05) is 25.1 Å². The highest BCUT2D eigenvalue weighted by molar-refractivity contribution is 6.21. The number of rotatable bonds is 8. The first-order valence-electron chi connectivity index (χ1n) is 8.00. The minimum atomic E-state index is -1.05. The molecule has 0 saturated heterocycles. The van der Waals surface area contributed by atoms with Gasteiger partial charge in [0.25, 0.3) is 0 Å². The summed E-state index contributed by atoms with van der Waals surface area (Å²) in [6.07, 6.45) is 2.47. The lowest BCUT2D eigenvalue weighted by Crippen LogP contribution is -2.03. The van der Waals surface area contributed by atoms with Crippen LogP contribution in [0, 0.1) is 0 Å². The lowest BCUT2D eigenvalue weighted by Gasteiger charge is -2.12. The number of carboxylic acids is 1. The van der Waals surface area contributed by atoms with E-state index in [1.54, 1.807) is 31.4 Å². The van der Waals surface area contributed by atoms with Gasteiger partial charge in [0.15, 0.2) is 0 Å². The Kier molecular flexibility index (Phi) is 6.46. The second kappa shape index (κ2) is 8.78. The zero-order valence-corrected chi connectivity index (χ0v) is 14.6. The van der Waals surface area contributed by atoms with E-state index in [4.69, 9.17) is 14.2 Å². The predicted octanol–water partition coefficient (Wildman–Crippen LogP) is 4.12. The Morgan fingerprint density at radius 3 is 2.48 bits per heavy atom. The summed E-state index contributed by atoms with van der Waals surface area (Å²) in [6, 6.07) is 12.4. The molecule has 5 nitrogen and oxygen atoms in total. The van der Waals surface area contributed by atoms with E-state index >= 15 is 0 Å². The fourth-order valence-electron chi connectivity index (χ4n) is 2.37. The Hall–Kier alpha value is -2.95. The smallest absolute Gasteiger partial charge is 0.336 e. The van der Waals surface area contributed by atoms with Crippen molar-refractivity contribution in [3.8, 4) is 17.2 Å². The number of aliphatic carboxylic acids is 1. The Bertz CT molecular complexity index is 764. The van der Waals surface area contributed by atoms with Crippen LogP contribution in [0.15, 0.2) is 42.5 Å². The van der Waals surface area contributed by atoms with E-state index in [9.17, 15) is 9.90 Å². The van der Waals surface area contributed by atoms with E-state index in [1.807, 2.05) is 31.2 Å². The number of carboxylic acid groups (broad SMARTS) is 1. The topological polar surface area (TPSA) is 65.0 Å². The molecule has 132 valence electrons. The highest BCUT2D eigenvalue weighted by atomic mass is 16.5. The van der Waals surface area contributed by atoms with Gasteiger partial charge in [-0.2, -0.15) is 0 Å². The third kappa shape index (κ3) is 4.53. The fraction of sp³-hybridized carbons (Fsp3) is 0.250. The molecule has 25 heavy (non-hydrogen) atoms. The average molecular weight is 342 g/mol. The minimum absolute atomic E-state index is 0.118. The van der Waals surface area contributed by atoms with Crippen molar-refractivity contribution in [2.45, 2.75) is 13.3 Å². The number of carbonyl (C=O) groups is 1. The average Bonchev–Trinajstić information content (AvgIpc) is 2.64. The summed E-state index contributed by atoms with van der Waals surface area (Å²) in [5.74, 6) is 0.626. The van der Waals surface area contributed by atoms with Gasteiger partial charge in [0.2, 0.25) is 0 Å². The number of benzene rings is 2. The van der Waals surface area contributed by atoms with Crippen molar-refractivity contribution in [2.24, 2.45) is 0 Å². The fourth-order valence-corrected chi connectivity index (χ4v) is 2.37. The molecule has 0 aliphatic carbocycles. The molecule has 2 aromatic carbocycles. The van der Waals surface area contributed by atoms with Crippen LogP contribution in [0.2, 0.25) is 0 Å². The molecule has 0 fully saturated rings. The van der Waals surface area contributed by atoms with Crippen molar-refractivity contribution < 1.29 is 24.1 Å². The van der Waals surface area contributed by atoms with Crippen molar-refractivity contribution in [3.63, 3.8) is 0 Å². The van der Waals surface area contributed by atoms with Crippen LogP contribution >= 0.6 is 0 Å². The van der Waals surface area contributed by atoms with Crippen LogP contribution in [-0.4, -0.2) is 31.9 Å². The molecule has 0 aromatic heterocycles. The number of ether oxygens (including phenoxy) is 3. The minimum Gasteiger partial charge on any atom is -0.497 e. The maximum absolute atomic E-state index is 11.9. The summed E-state index contributed by atoms with van der Waals surface area (Å²) in [5, 5.41) is 9.71. The van der Waals surface area contributed by atoms with Gasteiger partial charge in [-0.05, 0) is 30.7 Å². The van der Waals surface area contributed by atoms with Gasteiger partial charge in [-0.15, -0.1) is 0 Å². The van der Waals surface area contributed by atoms with Crippen LogP contribution in [0.4, 0.5) is 0 Å². The highest BCUT2D eigenvalue weighted by Gasteiger charge is 2.17. The highest BCUT2D eigenvalue weighted by Crippen LogP contribution is 2.33. The molecular weight excluding hydrogens is 320 g/mol. The summed E-state index contributed by atoms with van der Waals surface area (Å²) < 4.78 is 16.2. The van der Waals surface area contributed by atoms with E-state index in [1.165, 1.54) is 7.11 Å². The van der Waals surface area contributed by atoms with E-state index in [0.29, 0.717) is 35.0 Å². The van der Waals surface area contributed by atoms with Crippen molar-refractivity contribution in [1.82, 2.24) is 0 Å². The Morgan fingerprint density at radius 2 is 1.84 bits per heavy atom.